The Kier molecular flexibility index (Phi) is 7.99. The highest BCUT2D eigenvalue weighted by molar-refractivity contribution is 5.86. The molecule has 0 unspecified atom stereocenters. The monoisotopic (exact) mass is 354 g/mol. The summed E-state index contributed by atoms with van der Waals surface area (Å²) in [5, 5.41) is 9.09. The average Bonchev–Trinajstić information content (AvgIpc) is 2.70. The minimum absolute atomic E-state index is 0.0909. The van der Waals surface area contributed by atoms with Crippen molar-refractivity contribution in [3.63, 3.8) is 0 Å². The Labute approximate surface area is 154 Å². The van der Waals surface area contributed by atoms with Gasteiger partial charge in [0, 0.05) is 20.1 Å². The molecule has 0 radical (unpaired) electrons. The van der Waals surface area contributed by atoms with Crippen LogP contribution in [0.3, 0.4) is 0 Å². The van der Waals surface area contributed by atoms with E-state index in [1.54, 1.807) is 14.2 Å². The lowest BCUT2D eigenvalue weighted by Gasteiger charge is -2.12. The summed E-state index contributed by atoms with van der Waals surface area (Å²) < 4.78 is 5.11. The molecule has 26 heavy (non-hydrogen) atoms. The van der Waals surface area contributed by atoms with Gasteiger partial charge in [-0.25, -0.2) is 0 Å². The predicted octanol–water partition coefficient (Wildman–Crippen LogP) is 1.72. The van der Waals surface area contributed by atoms with Crippen LogP contribution in [-0.2, 0) is 17.8 Å². The molecule has 2 aromatic carbocycles. The molecule has 0 spiro atoms. The number of aliphatic imine (C=N–C) groups is 1. The molecule has 0 aliphatic heterocycles. The minimum atomic E-state index is -0.0909. The zero-order valence-electron chi connectivity index (χ0n) is 15.3. The van der Waals surface area contributed by atoms with E-state index in [4.69, 9.17) is 4.74 Å². The predicted molar refractivity (Wildman–Crippen MR) is 104 cm³/mol. The van der Waals surface area contributed by atoms with Crippen LogP contribution < -0.4 is 20.7 Å². The Morgan fingerprint density at radius 1 is 0.962 bits per heavy atom. The van der Waals surface area contributed by atoms with E-state index >= 15 is 0 Å². The van der Waals surface area contributed by atoms with Crippen LogP contribution in [0.1, 0.15) is 11.1 Å². The summed E-state index contributed by atoms with van der Waals surface area (Å²) in [6.45, 7) is 1.39. The SMILES string of the molecule is CN=C(NCCc1ccccc1)NCC(=O)NCc1ccc(OC)cc1. The van der Waals surface area contributed by atoms with Crippen molar-refractivity contribution in [3.8, 4) is 5.75 Å². The van der Waals surface area contributed by atoms with Crippen molar-refractivity contribution >= 4 is 11.9 Å². The van der Waals surface area contributed by atoms with Crippen LogP contribution in [0.5, 0.6) is 5.75 Å². The maximum Gasteiger partial charge on any atom is 0.239 e. The van der Waals surface area contributed by atoms with E-state index in [9.17, 15) is 4.79 Å². The standard InChI is InChI=1S/C20H26N4O2/c1-21-20(22-13-12-16-6-4-3-5-7-16)24-15-19(25)23-14-17-8-10-18(26-2)11-9-17/h3-11H,12-15H2,1-2H3,(H,23,25)(H2,21,22,24). The van der Waals surface area contributed by atoms with Gasteiger partial charge < -0.3 is 20.7 Å². The van der Waals surface area contributed by atoms with Crippen LogP contribution in [0.15, 0.2) is 59.6 Å². The van der Waals surface area contributed by atoms with Gasteiger partial charge in [-0.15, -0.1) is 0 Å². The number of ether oxygens (including phenoxy) is 1. The van der Waals surface area contributed by atoms with Crippen molar-refractivity contribution < 1.29 is 9.53 Å². The van der Waals surface area contributed by atoms with E-state index in [0.29, 0.717) is 12.5 Å². The molecule has 2 rings (SSSR count). The third kappa shape index (κ3) is 6.84. The molecule has 0 aliphatic carbocycles. The molecule has 0 saturated heterocycles. The number of carbonyl (C=O) groups excluding carboxylic acids is 1. The van der Waals surface area contributed by atoms with Gasteiger partial charge >= 0.3 is 0 Å². The van der Waals surface area contributed by atoms with Gasteiger partial charge in [-0.2, -0.15) is 0 Å². The highest BCUT2D eigenvalue weighted by Gasteiger charge is 2.04. The van der Waals surface area contributed by atoms with Crippen molar-refractivity contribution in [2.75, 3.05) is 27.2 Å². The number of nitrogens with one attached hydrogen (secondary N) is 3. The number of nitrogens with zero attached hydrogens (tertiary/aromatic N) is 1. The zero-order chi connectivity index (χ0) is 18.6. The lowest BCUT2D eigenvalue weighted by Crippen LogP contribution is -2.43. The van der Waals surface area contributed by atoms with E-state index in [2.05, 4.69) is 33.1 Å². The Morgan fingerprint density at radius 2 is 1.69 bits per heavy atom. The number of carbonyl (C=O) groups is 1. The van der Waals surface area contributed by atoms with Crippen LogP contribution in [-0.4, -0.2) is 39.1 Å². The first-order valence-corrected chi connectivity index (χ1v) is 8.59. The molecular weight excluding hydrogens is 328 g/mol. The minimum Gasteiger partial charge on any atom is -0.497 e. The summed E-state index contributed by atoms with van der Waals surface area (Å²) in [5.74, 6) is 1.32. The Bertz CT molecular complexity index is 700. The molecule has 0 atom stereocenters. The fourth-order valence-electron chi connectivity index (χ4n) is 2.36. The fourth-order valence-corrected chi connectivity index (χ4v) is 2.36. The van der Waals surface area contributed by atoms with Crippen LogP contribution in [0.4, 0.5) is 0 Å². The second-order valence-electron chi connectivity index (χ2n) is 5.71. The van der Waals surface area contributed by atoms with Crippen LogP contribution in [0.2, 0.25) is 0 Å². The number of hydrogen-bond donors (Lipinski definition) is 3. The van der Waals surface area contributed by atoms with Gasteiger partial charge in [-0.05, 0) is 29.7 Å². The molecule has 0 fully saturated rings. The highest BCUT2D eigenvalue weighted by atomic mass is 16.5. The molecule has 6 heteroatoms. The van der Waals surface area contributed by atoms with Crippen LogP contribution in [0, 0.1) is 0 Å². The largest absolute Gasteiger partial charge is 0.497 e. The van der Waals surface area contributed by atoms with E-state index in [1.165, 1.54) is 5.56 Å². The van der Waals surface area contributed by atoms with E-state index in [0.717, 1.165) is 24.3 Å². The normalized spacial score (nSPS) is 10.9. The first-order valence-electron chi connectivity index (χ1n) is 8.59. The number of amides is 1. The third-order valence-corrected chi connectivity index (χ3v) is 3.84. The summed E-state index contributed by atoms with van der Waals surface area (Å²) in [7, 11) is 3.32. The summed E-state index contributed by atoms with van der Waals surface area (Å²) in [5.41, 5.74) is 2.28. The lowest BCUT2D eigenvalue weighted by molar-refractivity contribution is -0.120. The number of guanidine groups is 1. The first kappa shape index (κ1) is 19.3. The van der Waals surface area contributed by atoms with Gasteiger partial charge in [0.05, 0.1) is 13.7 Å². The highest BCUT2D eigenvalue weighted by Crippen LogP contribution is 2.10. The van der Waals surface area contributed by atoms with Gasteiger partial charge in [0.25, 0.3) is 0 Å². The summed E-state index contributed by atoms with van der Waals surface area (Å²) in [4.78, 5) is 16.1. The zero-order valence-corrected chi connectivity index (χ0v) is 15.3. The fraction of sp³-hybridized carbons (Fsp3) is 0.300. The molecule has 0 saturated carbocycles. The quantitative estimate of drug-likeness (QED) is 0.498. The summed E-state index contributed by atoms with van der Waals surface area (Å²) in [6.07, 6.45) is 0.894. The van der Waals surface area contributed by atoms with Crippen molar-refractivity contribution in [1.29, 1.82) is 0 Å². The van der Waals surface area contributed by atoms with Crippen molar-refractivity contribution in [3.05, 3.63) is 65.7 Å². The maximum atomic E-state index is 12.0. The molecular formula is C20H26N4O2. The first-order chi connectivity index (χ1) is 12.7. The van der Waals surface area contributed by atoms with Crippen molar-refractivity contribution in [2.24, 2.45) is 4.99 Å². The van der Waals surface area contributed by atoms with Gasteiger partial charge in [0.15, 0.2) is 5.96 Å². The maximum absolute atomic E-state index is 12.0. The van der Waals surface area contributed by atoms with E-state index in [1.807, 2.05) is 42.5 Å². The number of methoxy groups -OCH3 is 1. The molecule has 3 N–H and O–H groups in total. The molecule has 2 aromatic rings. The number of hydrogen-bond acceptors (Lipinski definition) is 3. The molecule has 0 heterocycles. The molecule has 0 aliphatic rings. The Morgan fingerprint density at radius 3 is 2.35 bits per heavy atom. The Balaban J connectivity index is 1.65. The summed E-state index contributed by atoms with van der Waals surface area (Å²) >= 11 is 0. The second kappa shape index (κ2) is 10.8. The third-order valence-electron chi connectivity index (χ3n) is 3.84. The second-order valence-corrected chi connectivity index (χ2v) is 5.71. The van der Waals surface area contributed by atoms with Crippen molar-refractivity contribution in [2.45, 2.75) is 13.0 Å². The number of rotatable bonds is 8. The molecule has 0 bridgehead atoms. The van der Waals surface area contributed by atoms with Crippen LogP contribution >= 0.6 is 0 Å². The topological polar surface area (TPSA) is 74.8 Å². The van der Waals surface area contributed by atoms with E-state index < -0.39 is 0 Å². The van der Waals surface area contributed by atoms with Crippen LogP contribution in [0.25, 0.3) is 0 Å². The molecule has 6 nitrogen and oxygen atoms in total. The summed E-state index contributed by atoms with van der Waals surface area (Å²) in [6, 6.07) is 17.8. The van der Waals surface area contributed by atoms with Crippen molar-refractivity contribution in [1.82, 2.24) is 16.0 Å². The van der Waals surface area contributed by atoms with Gasteiger partial charge in [-0.1, -0.05) is 42.5 Å². The lowest BCUT2D eigenvalue weighted by atomic mass is 10.1. The smallest absolute Gasteiger partial charge is 0.239 e. The average molecular weight is 354 g/mol. The van der Waals surface area contributed by atoms with E-state index in [-0.39, 0.29) is 12.5 Å². The van der Waals surface area contributed by atoms with Gasteiger partial charge in [0.2, 0.25) is 5.91 Å². The molecule has 138 valence electrons. The van der Waals surface area contributed by atoms with Gasteiger partial charge in [-0.3, -0.25) is 9.79 Å². The van der Waals surface area contributed by atoms with Gasteiger partial charge in [0.1, 0.15) is 5.75 Å². The molecule has 1 amide bonds. The Hall–Kier alpha value is -3.02. The molecule has 0 aromatic heterocycles. The number of benzene rings is 2.